The lowest BCUT2D eigenvalue weighted by Crippen LogP contribution is -2.63. The number of hydrogen-bond donors (Lipinski definition) is 2. The fourth-order valence-corrected chi connectivity index (χ4v) is 4.96. The standard InChI is InChI=1S/C18H32N4O4S/c1-18(2,3)11-21-10-14-7-13(20-27(4,25)26)9-22(14)17(24)15(21)8-19-16(23)12-5-6-12/h12-15,20H,5-11H2,1-4H3,(H,19,23)/t13-,14-,15-/m0/s1. The Morgan fingerprint density at radius 1 is 1.22 bits per heavy atom. The van der Waals surface area contributed by atoms with E-state index in [0.717, 1.165) is 25.6 Å². The predicted molar refractivity (Wildman–Crippen MR) is 102 cm³/mol. The highest BCUT2D eigenvalue weighted by atomic mass is 32.2. The Bertz CT molecular complexity index is 699. The molecule has 9 heteroatoms. The van der Waals surface area contributed by atoms with Crippen LogP contribution in [0.15, 0.2) is 0 Å². The minimum atomic E-state index is -3.31. The average Bonchev–Trinajstić information content (AvgIpc) is 3.26. The molecule has 2 N–H and O–H groups in total. The number of rotatable bonds is 6. The third-order valence-electron chi connectivity index (χ3n) is 5.34. The first-order valence-corrected chi connectivity index (χ1v) is 11.6. The van der Waals surface area contributed by atoms with Gasteiger partial charge in [-0.25, -0.2) is 13.1 Å². The second-order valence-corrected chi connectivity index (χ2v) is 11.3. The number of piperazine rings is 1. The molecule has 2 aliphatic heterocycles. The van der Waals surface area contributed by atoms with Crippen molar-refractivity contribution in [2.45, 2.75) is 58.2 Å². The fraction of sp³-hybridized carbons (Fsp3) is 0.889. The zero-order chi connectivity index (χ0) is 20.0. The Labute approximate surface area is 162 Å². The molecule has 154 valence electrons. The number of carbonyl (C=O) groups excluding carboxylic acids is 2. The topological polar surface area (TPSA) is 98.8 Å². The smallest absolute Gasteiger partial charge is 0.242 e. The van der Waals surface area contributed by atoms with E-state index in [1.807, 2.05) is 0 Å². The van der Waals surface area contributed by atoms with Gasteiger partial charge in [0.25, 0.3) is 0 Å². The van der Waals surface area contributed by atoms with Gasteiger partial charge >= 0.3 is 0 Å². The second kappa shape index (κ2) is 7.33. The molecule has 1 saturated carbocycles. The first kappa shape index (κ1) is 20.5. The molecule has 1 aliphatic carbocycles. The van der Waals surface area contributed by atoms with Crippen LogP contribution in [-0.4, -0.2) is 80.6 Å². The van der Waals surface area contributed by atoms with Crippen molar-refractivity contribution in [3.63, 3.8) is 0 Å². The van der Waals surface area contributed by atoms with Gasteiger partial charge in [-0.2, -0.15) is 0 Å². The van der Waals surface area contributed by atoms with Gasteiger partial charge in [-0.15, -0.1) is 0 Å². The molecule has 2 amide bonds. The van der Waals surface area contributed by atoms with E-state index >= 15 is 0 Å². The molecule has 2 heterocycles. The molecule has 27 heavy (non-hydrogen) atoms. The monoisotopic (exact) mass is 400 g/mol. The van der Waals surface area contributed by atoms with E-state index in [4.69, 9.17) is 0 Å². The lowest BCUT2D eigenvalue weighted by Gasteiger charge is -2.45. The molecular formula is C18H32N4O4S. The SMILES string of the molecule is CC(C)(C)CN1C[C@@H]2C[C@H](NS(C)(=O)=O)CN2C(=O)[C@@H]1CNC(=O)C1CC1. The Balaban J connectivity index is 1.71. The van der Waals surface area contributed by atoms with E-state index in [9.17, 15) is 18.0 Å². The summed E-state index contributed by atoms with van der Waals surface area (Å²) in [6.45, 7) is 8.56. The van der Waals surface area contributed by atoms with Gasteiger partial charge in [-0.1, -0.05) is 20.8 Å². The summed E-state index contributed by atoms with van der Waals surface area (Å²) < 4.78 is 25.8. The van der Waals surface area contributed by atoms with E-state index in [1.54, 1.807) is 4.90 Å². The number of amides is 2. The van der Waals surface area contributed by atoms with Gasteiger partial charge in [-0.3, -0.25) is 14.5 Å². The van der Waals surface area contributed by atoms with E-state index in [0.29, 0.717) is 26.1 Å². The fourth-order valence-electron chi connectivity index (χ4n) is 4.18. The van der Waals surface area contributed by atoms with Crippen molar-refractivity contribution in [2.75, 3.05) is 32.4 Å². The summed E-state index contributed by atoms with van der Waals surface area (Å²) in [6, 6.07) is -0.625. The van der Waals surface area contributed by atoms with Crippen molar-refractivity contribution in [2.24, 2.45) is 11.3 Å². The first-order valence-electron chi connectivity index (χ1n) is 9.72. The number of sulfonamides is 1. The normalized spacial score (nSPS) is 29.7. The highest BCUT2D eigenvalue weighted by molar-refractivity contribution is 7.88. The Kier molecular flexibility index (Phi) is 5.58. The highest BCUT2D eigenvalue weighted by Gasteiger charge is 2.46. The zero-order valence-electron chi connectivity index (χ0n) is 16.7. The molecule has 0 aromatic rings. The maximum atomic E-state index is 13.2. The van der Waals surface area contributed by atoms with Crippen LogP contribution < -0.4 is 10.0 Å². The molecule has 3 atom stereocenters. The van der Waals surface area contributed by atoms with Crippen LogP contribution in [0.4, 0.5) is 0 Å². The minimum Gasteiger partial charge on any atom is -0.354 e. The minimum absolute atomic E-state index is 0.00878. The number of nitrogens with zero attached hydrogens (tertiary/aromatic N) is 2. The second-order valence-electron chi connectivity index (χ2n) is 9.49. The summed E-state index contributed by atoms with van der Waals surface area (Å²) in [5.41, 5.74) is 0.0181. The molecule has 0 bridgehead atoms. The zero-order valence-corrected chi connectivity index (χ0v) is 17.5. The third kappa shape index (κ3) is 5.42. The van der Waals surface area contributed by atoms with E-state index in [1.165, 1.54) is 0 Å². The third-order valence-corrected chi connectivity index (χ3v) is 6.11. The maximum Gasteiger partial charge on any atom is 0.242 e. The van der Waals surface area contributed by atoms with Gasteiger partial charge in [0.2, 0.25) is 21.8 Å². The van der Waals surface area contributed by atoms with Crippen LogP contribution in [-0.2, 0) is 19.6 Å². The van der Waals surface area contributed by atoms with Crippen LogP contribution in [0.1, 0.15) is 40.0 Å². The summed E-state index contributed by atoms with van der Waals surface area (Å²) in [5, 5.41) is 2.95. The summed E-state index contributed by atoms with van der Waals surface area (Å²) in [4.78, 5) is 29.2. The molecule has 8 nitrogen and oxygen atoms in total. The number of hydrogen-bond acceptors (Lipinski definition) is 5. The average molecular weight is 401 g/mol. The predicted octanol–water partition coefficient (Wildman–Crippen LogP) is -0.238. The molecule has 3 rings (SSSR count). The molecule has 3 fully saturated rings. The van der Waals surface area contributed by atoms with Crippen molar-refractivity contribution in [3.8, 4) is 0 Å². The van der Waals surface area contributed by atoms with Crippen LogP contribution in [0.5, 0.6) is 0 Å². The van der Waals surface area contributed by atoms with Crippen LogP contribution in [0.2, 0.25) is 0 Å². The van der Waals surface area contributed by atoms with Gasteiger partial charge in [0.05, 0.1) is 6.26 Å². The molecule has 0 aromatic heterocycles. The van der Waals surface area contributed by atoms with Crippen molar-refractivity contribution in [1.29, 1.82) is 0 Å². The van der Waals surface area contributed by atoms with Gasteiger partial charge in [0, 0.05) is 44.2 Å². The highest BCUT2D eigenvalue weighted by Crippen LogP contribution is 2.30. The summed E-state index contributed by atoms with van der Waals surface area (Å²) in [5.74, 6) is 0.144. The van der Waals surface area contributed by atoms with Gasteiger partial charge in [-0.05, 0) is 24.7 Å². The molecule has 0 aromatic carbocycles. The number of fused-ring (bicyclic) bond motifs is 1. The van der Waals surface area contributed by atoms with Crippen LogP contribution in [0, 0.1) is 11.3 Å². The van der Waals surface area contributed by atoms with Crippen molar-refractivity contribution in [1.82, 2.24) is 19.8 Å². The quantitative estimate of drug-likeness (QED) is 0.641. The van der Waals surface area contributed by atoms with Crippen LogP contribution >= 0.6 is 0 Å². The lowest BCUT2D eigenvalue weighted by molar-refractivity contribution is -0.144. The lowest BCUT2D eigenvalue weighted by atomic mass is 9.93. The van der Waals surface area contributed by atoms with Crippen molar-refractivity contribution in [3.05, 3.63) is 0 Å². The Morgan fingerprint density at radius 2 is 1.89 bits per heavy atom. The molecular weight excluding hydrogens is 368 g/mol. The molecule has 0 radical (unpaired) electrons. The largest absolute Gasteiger partial charge is 0.354 e. The molecule has 0 spiro atoms. The molecule has 0 unspecified atom stereocenters. The van der Waals surface area contributed by atoms with Gasteiger partial charge in [0.15, 0.2) is 0 Å². The maximum absolute atomic E-state index is 13.2. The number of carbonyl (C=O) groups is 2. The van der Waals surface area contributed by atoms with Crippen LogP contribution in [0.25, 0.3) is 0 Å². The summed E-state index contributed by atoms with van der Waals surface area (Å²) in [7, 11) is -3.31. The van der Waals surface area contributed by atoms with Gasteiger partial charge in [0.1, 0.15) is 6.04 Å². The van der Waals surface area contributed by atoms with E-state index in [2.05, 4.69) is 35.7 Å². The molecule has 3 aliphatic rings. The van der Waals surface area contributed by atoms with Crippen LogP contribution in [0.3, 0.4) is 0 Å². The van der Waals surface area contributed by atoms with E-state index in [-0.39, 0.29) is 41.3 Å². The Hall–Kier alpha value is -1.19. The van der Waals surface area contributed by atoms with Gasteiger partial charge < -0.3 is 10.2 Å². The van der Waals surface area contributed by atoms with Crippen molar-refractivity contribution < 1.29 is 18.0 Å². The van der Waals surface area contributed by atoms with Crippen molar-refractivity contribution >= 4 is 21.8 Å². The summed E-state index contributed by atoms with van der Waals surface area (Å²) in [6.07, 6.45) is 3.64. The number of nitrogens with one attached hydrogen (secondary N) is 2. The summed E-state index contributed by atoms with van der Waals surface area (Å²) >= 11 is 0. The Morgan fingerprint density at radius 3 is 2.44 bits per heavy atom. The first-order chi connectivity index (χ1) is 12.4. The van der Waals surface area contributed by atoms with E-state index < -0.39 is 10.0 Å². The molecule has 2 saturated heterocycles.